The lowest BCUT2D eigenvalue weighted by Gasteiger charge is -2.09. The van der Waals surface area contributed by atoms with Gasteiger partial charge in [0.05, 0.1) is 17.2 Å². The fourth-order valence-corrected chi connectivity index (χ4v) is 4.71. The number of fused-ring (bicyclic) bond motifs is 2. The first kappa shape index (κ1) is 16.7. The molecule has 1 aromatic carbocycles. The zero-order chi connectivity index (χ0) is 18.1. The molecule has 0 aliphatic carbocycles. The van der Waals surface area contributed by atoms with E-state index in [-0.39, 0.29) is 4.90 Å². The summed E-state index contributed by atoms with van der Waals surface area (Å²) in [7, 11) is -1.93. The normalized spacial score (nSPS) is 12.0. The van der Waals surface area contributed by atoms with Gasteiger partial charge in [0, 0.05) is 29.4 Å². The second kappa shape index (κ2) is 6.51. The molecule has 0 radical (unpaired) electrons. The van der Waals surface area contributed by atoms with Gasteiger partial charge < -0.3 is 5.32 Å². The molecule has 0 amide bonds. The Labute approximate surface area is 151 Å². The Kier molecular flexibility index (Phi) is 4.18. The van der Waals surface area contributed by atoms with E-state index in [4.69, 9.17) is 0 Å². The van der Waals surface area contributed by atoms with Gasteiger partial charge in [-0.05, 0) is 43.8 Å². The van der Waals surface area contributed by atoms with Crippen LogP contribution >= 0.6 is 0 Å². The van der Waals surface area contributed by atoms with Crippen molar-refractivity contribution in [1.82, 2.24) is 19.3 Å². The summed E-state index contributed by atoms with van der Waals surface area (Å²) in [4.78, 5) is 8.60. The summed E-state index contributed by atoms with van der Waals surface area (Å²) >= 11 is 0. The lowest BCUT2D eigenvalue weighted by Crippen LogP contribution is -2.13. The van der Waals surface area contributed by atoms with Crippen LogP contribution in [-0.2, 0) is 16.4 Å². The van der Waals surface area contributed by atoms with Gasteiger partial charge in [0.15, 0.2) is 0 Å². The van der Waals surface area contributed by atoms with Crippen molar-refractivity contribution in [3.8, 4) is 0 Å². The molecule has 0 fully saturated rings. The van der Waals surface area contributed by atoms with Crippen molar-refractivity contribution in [3.05, 3.63) is 66.7 Å². The molecule has 6 nitrogen and oxygen atoms in total. The second-order valence-electron chi connectivity index (χ2n) is 6.03. The number of hydrogen-bond donors (Lipinski definition) is 1. The maximum Gasteiger partial charge on any atom is 0.270 e. The monoisotopic (exact) mass is 366 g/mol. The molecule has 0 aliphatic rings. The van der Waals surface area contributed by atoms with Gasteiger partial charge in [0.1, 0.15) is 4.90 Å². The summed E-state index contributed by atoms with van der Waals surface area (Å²) in [6.45, 7) is 0.761. The van der Waals surface area contributed by atoms with Crippen LogP contribution in [0.4, 0.5) is 0 Å². The largest absolute Gasteiger partial charge is 0.319 e. The van der Waals surface area contributed by atoms with Gasteiger partial charge in [-0.2, -0.15) is 0 Å². The lowest BCUT2D eigenvalue weighted by atomic mass is 10.1. The number of hydrogen-bond acceptors (Lipinski definition) is 5. The number of rotatable bonds is 5. The van der Waals surface area contributed by atoms with E-state index in [2.05, 4.69) is 15.3 Å². The minimum atomic E-state index is -3.80. The first-order chi connectivity index (χ1) is 12.6. The van der Waals surface area contributed by atoms with Crippen molar-refractivity contribution < 1.29 is 8.42 Å². The van der Waals surface area contributed by atoms with Gasteiger partial charge in [0.2, 0.25) is 0 Å². The predicted molar refractivity (Wildman–Crippen MR) is 102 cm³/mol. The highest BCUT2D eigenvalue weighted by Gasteiger charge is 2.23. The Bertz CT molecular complexity index is 1190. The molecule has 0 atom stereocenters. The summed E-state index contributed by atoms with van der Waals surface area (Å²) in [5, 5.41) is 4.79. The molecule has 4 aromatic rings. The molecule has 0 spiro atoms. The Balaban J connectivity index is 1.96. The maximum atomic E-state index is 13.4. The van der Waals surface area contributed by atoms with Gasteiger partial charge in [-0.3, -0.25) is 9.97 Å². The van der Waals surface area contributed by atoms with Crippen LogP contribution in [0.25, 0.3) is 21.8 Å². The fourth-order valence-electron chi connectivity index (χ4n) is 3.16. The van der Waals surface area contributed by atoms with Crippen LogP contribution in [0.2, 0.25) is 0 Å². The van der Waals surface area contributed by atoms with Gasteiger partial charge in [-0.1, -0.05) is 18.2 Å². The van der Waals surface area contributed by atoms with E-state index in [1.807, 2.05) is 25.2 Å². The second-order valence-corrected chi connectivity index (χ2v) is 7.82. The molecule has 0 unspecified atom stereocenters. The predicted octanol–water partition coefficient (Wildman–Crippen LogP) is 2.58. The first-order valence-electron chi connectivity index (χ1n) is 8.31. The number of pyridine rings is 2. The Hall–Kier alpha value is -2.77. The van der Waals surface area contributed by atoms with E-state index < -0.39 is 10.0 Å². The number of likely N-dealkylation sites (N-methyl/N-ethyl adjacent to an activating group) is 1. The van der Waals surface area contributed by atoms with Crippen molar-refractivity contribution in [2.75, 3.05) is 13.6 Å². The molecule has 0 bridgehead atoms. The molecule has 26 heavy (non-hydrogen) atoms. The Morgan fingerprint density at radius 3 is 2.81 bits per heavy atom. The third-order valence-corrected chi connectivity index (χ3v) is 6.14. The van der Waals surface area contributed by atoms with E-state index >= 15 is 0 Å². The molecule has 3 heterocycles. The zero-order valence-electron chi connectivity index (χ0n) is 14.3. The van der Waals surface area contributed by atoms with Crippen LogP contribution < -0.4 is 5.32 Å². The smallest absolute Gasteiger partial charge is 0.270 e. The Morgan fingerprint density at radius 1 is 1.12 bits per heavy atom. The SMILES string of the molecule is CNCCc1cn(S(=O)(=O)c2cccc3cccnc23)c2cnccc12. The number of nitrogens with one attached hydrogen (secondary N) is 1. The van der Waals surface area contributed by atoms with E-state index in [1.54, 1.807) is 43.0 Å². The average molecular weight is 366 g/mol. The van der Waals surface area contributed by atoms with Crippen LogP contribution in [0, 0.1) is 0 Å². The number of aromatic nitrogens is 3. The number of benzene rings is 1. The summed E-state index contributed by atoms with van der Waals surface area (Å²) in [5.74, 6) is 0. The molecule has 1 N–H and O–H groups in total. The minimum absolute atomic E-state index is 0.191. The van der Waals surface area contributed by atoms with Crippen molar-refractivity contribution >= 4 is 31.8 Å². The van der Waals surface area contributed by atoms with Crippen LogP contribution in [0.3, 0.4) is 0 Å². The molecular weight excluding hydrogens is 348 g/mol. The summed E-state index contributed by atoms with van der Waals surface area (Å²) < 4.78 is 28.2. The lowest BCUT2D eigenvalue weighted by molar-refractivity contribution is 0.589. The summed E-state index contributed by atoms with van der Waals surface area (Å²) in [5.41, 5.74) is 2.01. The minimum Gasteiger partial charge on any atom is -0.319 e. The highest BCUT2D eigenvalue weighted by Crippen LogP contribution is 2.28. The third kappa shape index (κ3) is 2.65. The van der Waals surface area contributed by atoms with Crippen molar-refractivity contribution in [2.45, 2.75) is 11.3 Å². The van der Waals surface area contributed by atoms with Crippen LogP contribution in [0.5, 0.6) is 0 Å². The first-order valence-corrected chi connectivity index (χ1v) is 9.75. The quantitative estimate of drug-likeness (QED) is 0.587. The highest BCUT2D eigenvalue weighted by atomic mass is 32.2. The van der Waals surface area contributed by atoms with Crippen LogP contribution in [0.15, 0.2) is 66.1 Å². The molecule has 0 aliphatic heterocycles. The zero-order valence-corrected chi connectivity index (χ0v) is 15.1. The van der Waals surface area contributed by atoms with Gasteiger partial charge in [-0.25, -0.2) is 12.4 Å². The molecule has 4 rings (SSSR count). The molecule has 0 saturated carbocycles. The standard InChI is InChI=1S/C19H18N4O2S/c1-20-10-7-15-13-23(17-12-21-11-8-16(15)17)26(24,25)18-6-2-4-14-5-3-9-22-19(14)18/h2-6,8-9,11-13,20H,7,10H2,1H3. The molecule has 132 valence electrons. The topological polar surface area (TPSA) is 76.9 Å². The van der Waals surface area contributed by atoms with Crippen molar-refractivity contribution in [3.63, 3.8) is 0 Å². The van der Waals surface area contributed by atoms with E-state index in [9.17, 15) is 8.42 Å². The average Bonchev–Trinajstić information content (AvgIpc) is 3.05. The number of para-hydroxylation sites is 1. The van der Waals surface area contributed by atoms with Crippen molar-refractivity contribution in [1.29, 1.82) is 0 Å². The van der Waals surface area contributed by atoms with Crippen LogP contribution in [-0.4, -0.2) is 36.0 Å². The summed E-state index contributed by atoms with van der Waals surface area (Å²) in [6, 6.07) is 10.7. The fraction of sp³-hybridized carbons (Fsp3) is 0.158. The molecule has 7 heteroatoms. The molecule has 0 saturated heterocycles. The third-order valence-electron chi connectivity index (χ3n) is 4.43. The molecule has 3 aromatic heterocycles. The van der Waals surface area contributed by atoms with Crippen molar-refractivity contribution in [2.24, 2.45) is 0 Å². The van der Waals surface area contributed by atoms with Gasteiger partial charge in [-0.15, -0.1) is 0 Å². The van der Waals surface area contributed by atoms with E-state index in [0.29, 0.717) is 11.0 Å². The van der Waals surface area contributed by atoms with Gasteiger partial charge in [0.25, 0.3) is 10.0 Å². The number of nitrogens with zero attached hydrogens (tertiary/aromatic N) is 3. The van der Waals surface area contributed by atoms with Crippen LogP contribution in [0.1, 0.15) is 5.56 Å². The van der Waals surface area contributed by atoms with Gasteiger partial charge >= 0.3 is 0 Å². The highest BCUT2D eigenvalue weighted by molar-refractivity contribution is 7.90. The maximum absolute atomic E-state index is 13.4. The molecular formula is C19H18N4O2S. The van der Waals surface area contributed by atoms with E-state index in [0.717, 1.165) is 29.3 Å². The summed E-state index contributed by atoms with van der Waals surface area (Å²) in [6.07, 6.45) is 7.30. The Morgan fingerprint density at radius 2 is 1.96 bits per heavy atom. The van der Waals surface area contributed by atoms with E-state index in [1.165, 1.54) is 3.97 Å².